The molecular weight excluding hydrogens is 228 g/mol. The molecule has 0 saturated heterocycles. The van der Waals surface area contributed by atoms with Crippen LogP contribution in [-0.2, 0) is 9.53 Å². The van der Waals surface area contributed by atoms with Crippen LogP contribution in [0.5, 0.6) is 0 Å². The molecule has 0 aliphatic carbocycles. The van der Waals surface area contributed by atoms with Gasteiger partial charge in [0.15, 0.2) is 0 Å². The molecule has 0 spiro atoms. The van der Waals surface area contributed by atoms with Crippen LogP contribution in [0.4, 0.5) is 0 Å². The van der Waals surface area contributed by atoms with Crippen molar-refractivity contribution in [2.75, 3.05) is 13.2 Å². The lowest BCUT2D eigenvalue weighted by Gasteiger charge is -2.27. The van der Waals surface area contributed by atoms with Crippen LogP contribution < -0.4 is 11.1 Å². The zero-order valence-electron chi connectivity index (χ0n) is 12.4. The van der Waals surface area contributed by atoms with E-state index in [2.05, 4.69) is 26.1 Å². The molecule has 108 valence electrons. The molecule has 18 heavy (non-hydrogen) atoms. The van der Waals surface area contributed by atoms with Crippen LogP contribution in [-0.4, -0.2) is 30.7 Å². The summed E-state index contributed by atoms with van der Waals surface area (Å²) in [6, 6.07) is 0. The van der Waals surface area contributed by atoms with Gasteiger partial charge in [-0.1, -0.05) is 20.3 Å². The van der Waals surface area contributed by atoms with Crippen molar-refractivity contribution in [1.29, 1.82) is 0 Å². The number of ether oxygens (including phenoxy) is 1. The third-order valence-corrected chi connectivity index (χ3v) is 3.23. The van der Waals surface area contributed by atoms with Gasteiger partial charge < -0.3 is 15.8 Å². The van der Waals surface area contributed by atoms with Gasteiger partial charge in [-0.25, -0.2) is 0 Å². The molecule has 0 rings (SSSR count). The second kappa shape index (κ2) is 9.34. The van der Waals surface area contributed by atoms with Gasteiger partial charge in [0, 0.05) is 6.61 Å². The summed E-state index contributed by atoms with van der Waals surface area (Å²) < 4.78 is 5.68. The standard InChI is InChI=1S/C14H30N2O2/c1-5-8-12(3)18-11-7-9-14(4,13(15)17)16-10-6-2/h12,16H,5-11H2,1-4H3,(H2,15,17). The average molecular weight is 258 g/mol. The van der Waals surface area contributed by atoms with E-state index >= 15 is 0 Å². The lowest BCUT2D eigenvalue weighted by molar-refractivity contribution is -0.124. The second-order valence-electron chi connectivity index (χ2n) is 5.20. The first-order valence-corrected chi connectivity index (χ1v) is 7.12. The van der Waals surface area contributed by atoms with Gasteiger partial charge in [-0.15, -0.1) is 0 Å². The molecule has 0 heterocycles. The van der Waals surface area contributed by atoms with Crippen LogP contribution in [0.15, 0.2) is 0 Å². The number of carbonyl (C=O) groups is 1. The quantitative estimate of drug-likeness (QED) is 0.558. The fourth-order valence-corrected chi connectivity index (χ4v) is 1.90. The topological polar surface area (TPSA) is 64.3 Å². The third-order valence-electron chi connectivity index (χ3n) is 3.23. The molecule has 0 fully saturated rings. The van der Waals surface area contributed by atoms with Crippen LogP contribution in [0.25, 0.3) is 0 Å². The summed E-state index contributed by atoms with van der Waals surface area (Å²) >= 11 is 0. The van der Waals surface area contributed by atoms with E-state index in [1.54, 1.807) is 0 Å². The van der Waals surface area contributed by atoms with Crippen molar-refractivity contribution < 1.29 is 9.53 Å². The minimum absolute atomic E-state index is 0.280. The van der Waals surface area contributed by atoms with Gasteiger partial charge in [0.25, 0.3) is 0 Å². The second-order valence-corrected chi connectivity index (χ2v) is 5.20. The van der Waals surface area contributed by atoms with Gasteiger partial charge in [-0.2, -0.15) is 0 Å². The molecule has 4 heteroatoms. The number of hydrogen-bond acceptors (Lipinski definition) is 3. The van der Waals surface area contributed by atoms with Crippen molar-refractivity contribution in [3.05, 3.63) is 0 Å². The Hall–Kier alpha value is -0.610. The molecule has 0 bridgehead atoms. The largest absolute Gasteiger partial charge is 0.379 e. The first-order valence-electron chi connectivity index (χ1n) is 7.12. The Bertz CT molecular complexity index is 234. The summed E-state index contributed by atoms with van der Waals surface area (Å²) in [5, 5.41) is 3.23. The molecule has 1 amide bonds. The highest BCUT2D eigenvalue weighted by atomic mass is 16.5. The Labute approximate surface area is 112 Å². The van der Waals surface area contributed by atoms with Crippen molar-refractivity contribution in [2.24, 2.45) is 5.73 Å². The number of nitrogens with two attached hydrogens (primary N) is 1. The summed E-state index contributed by atoms with van der Waals surface area (Å²) in [6.45, 7) is 9.69. The smallest absolute Gasteiger partial charge is 0.237 e. The molecule has 0 aromatic heterocycles. The maximum atomic E-state index is 11.5. The Morgan fingerprint density at radius 1 is 1.39 bits per heavy atom. The van der Waals surface area contributed by atoms with E-state index < -0.39 is 5.54 Å². The van der Waals surface area contributed by atoms with Gasteiger partial charge in [0.2, 0.25) is 5.91 Å². The lowest BCUT2D eigenvalue weighted by Crippen LogP contribution is -2.53. The monoisotopic (exact) mass is 258 g/mol. The summed E-state index contributed by atoms with van der Waals surface area (Å²) in [4.78, 5) is 11.5. The van der Waals surface area contributed by atoms with Crippen LogP contribution in [0.3, 0.4) is 0 Å². The van der Waals surface area contributed by atoms with Crippen LogP contribution in [0.1, 0.15) is 59.8 Å². The fourth-order valence-electron chi connectivity index (χ4n) is 1.90. The van der Waals surface area contributed by atoms with Gasteiger partial charge in [-0.05, 0) is 46.1 Å². The highest BCUT2D eigenvalue weighted by Gasteiger charge is 2.29. The number of carbonyl (C=O) groups excluding carboxylic acids is 1. The van der Waals surface area contributed by atoms with Crippen molar-refractivity contribution in [1.82, 2.24) is 5.32 Å². The molecule has 0 aromatic carbocycles. The summed E-state index contributed by atoms with van der Waals surface area (Å²) in [5.74, 6) is -0.280. The first kappa shape index (κ1) is 17.4. The predicted molar refractivity (Wildman–Crippen MR) is 75.4 cm³/mol. The Morgan fingerprint density at radius 3 is 2.56 bits per heavy atom. The average Bonchev–Trinajstić information content (AvgIpc) is 2.32. The molecule has 0 radical (unpaired) electrons. The molecule has 0 saturated carbocycles. The first-order chi connectivity index (χ1) is 8.46. The normalized spacial score (nSPS) is 16.2. The number of rotatable bonds is 11. The van der Waals surface area contributed by atoms with Crippen molar-refractivity contribution in [3.63, 3.8) is 0 Å². The van der Waals surface area contributed by atoms with E-state index in [1.165, 1.54) is 0 Å². The van der Waals surface area contributed by atoms with Crippen LogP contribution >= 0.6 is 0 Å². The molecular formula is C14H30N2O2. The zero-order valence-corrected chi connectivity index (χ0v) is 12.4. The number of amides is 1. The lowest BCUT2D eigenvalue weighted by atomic mass is 9.95. The molecule has 2 unspecified atom stereocenters. The van der Waals surface area contributed by atoms with Crippen molar-refractivity contribution in [3.8, 4) is 0 Å². The van der Waals surface area contributed by atoms with E-state index in [9.17, 15) is 4.79 Å². The highest BCUT2D eigenvalue weighted by Crippen LogP contribution is 2.13. The Kier molecular flexibility index (Phi) is 9.02. The van der Waals surface area contributed by atoms with E-state index in [0.29, 0.717) is 12.7 Å². The van der Waals surface area contributed by atoms with E-state index in [-0.39, 0.29) is 5.91 Å². The Morgan fingerprint density at radius 2 is 2.06 bits per heavy atom. The number of nitrogens with one attached hydrogen (secondary N) is 1. The van der Waals surface area contributed by atoms with Gasteiger partial charge in [0.1, 0.15) is 0 Å². The molecule has 4 nitrogen and oxygen atoms in total. The SMILES string of the molecule is CCCNC(C)(CCCOC(C)CCC)C(N)=O. The molecule has 0 aliphatic rings. The summed E-state index contributed by atoms with van der Waals surface area (Å²) in [6.07, 6.45) is 5.09. The third kappa shape index (κ3) is 6.97. The van der Waals surface area contributed by atoms with Crippen LogP contribution in [0, 0.1) is 0 Å². The fraction of sp³-hybridized carbons (Fsp3) is 0.929. The van der Waals surface area contributed by atoms with Crippen molar-refractivity contribution in [2.45, 2.75) is 71.4 Å². The molecule has 3 N–H and O–H groups in total. The van der Waals surface area contributed by atoms with E-state index in [1.807, 2.05) is 6.92 Å². The molecule has 0 aliphatic heterocycles. The van der Waals surface area contributed by atoms with Gasteiger partial charge in [-0.3, -0.25) is 4.79 Å². The summed E-state index contributed by atoms with van der Waals surface area (Å²) in [5.41, 5.74) is 4.86. The predicted octanol–water partition coefficient (Wildman–Crippen LogP) is 2.22. The van der Waals surface area contributed by atoms with E-state index in [4.69, 9.17) is 10.5 Å². The Balaban J connectivity index is 3.94. The van der Waals surface area contributed by atoms with Crippen LogP contribution in [0.2, 0.25) is 0 Å². The molecule has 0 aromatic rings. The van der Waals surface area contributed by atoms with Gasteiger partial charge in [0.05, 0.1) is 11.6 Å². The van der Waals surface area contributed by atoms with Gasteiger partial charge >= 0.3 is 0 Å². The van der Waals surface area contributed by atoms with Crippen molar-refractivity contribution >= 4 is 5.91 Å². The maximum absolute atomic E-state index is 11.5. The number of primary amides is 1. The van der Waals surface area contributed by atoms with E-state index in [0.717, 1.165) is 38.6 Å². The summed E-state index contributed by atoms with van der Waals surface area (Å²) in [7, 11) is 0. The zero-order chi connectivity index (χ0) is 14.0. The minimum atomic E-state index is -0.604. The molecule has 2 atom stereocenters. The number of hydrogen-bond donors (Lipinski definition) is 2. The minimum Gasteiger partial charge on any atom is -0.379 e. The maximum Gasteiger partial charge on any atom is 0.237 e. The highest BCUT2D eigenvalue weighted by molar-refractivity contribution is 5.84.